The first-order valence-electron chi connectivity index (χ1n) is 4.63. The van der Waals surface area contributed by atoms with Crippen molar-refractivity contribution in [2.75, 3.05) is 13.2 Å². The van der Waals surface area contributed by atoms with Crippen molar-refractivity contribution in [3.05, 3.63) is 30.1 Å². The van der Waals surface area contributed by atoms with Crippen LogP contribution in [0.1, 0.15) is 18.2 Å². The third-order valence-corrected chi connectivity index (χ3v) is 2.16. The van der Waals surface area contributed by atoms with Crippen LogP contribution in [0.3, 0.4) is 0 Å². The lowest BCUT2D eigenvalue weighted by molar-refractivity contribution is -0.0603. The molecular weight excluding hydrogens is 185 g/mol. The average molecular weight is 197 g/mol. The molecule has 1 saturated heterocycles. The van der Waals surface area contributed by atoms with Gasteiger partial charge in [0, 0.05) is 18.8 Å². The van der Waals surface area contributed by atoms with E-state index in [1.165, 1.54) is 0 Å². The SMILES string of the molecule is FC(CC1OCCO1)c1ccncc1. The molecule has 0 aliphatic carbocycles. The Morgan fingerprint density at radius 2 is 2.00 bits per heavy atom. The fourth-order valence-electron chi connectivity index (χ4n) is 1.42. The van der Waals surface area contributed by atoms with Gasteiger partial charge >= 0.3 is 0 Å². The summed E-state index contributed by atoms with van der Waals surface area (Å²) in [6.07, 6.45) is 1.99. The Morgan fingerprint density at radius 1 is 1.36 bits per heavy atom. The maximum Gasteiger partial charge on any atom is 0.160 e. The first-order chi connectivity index (χ1) is 6.86. The third-order valence-electron chi connectivity index (χ3n) is 2.16. The van der Waals surface area contributed by atoms with Crippen molar-refractivity contribution < 1.29 is 13.9 Å². The molecule has 1 atom stereocenters. The molecule has 2 rings (SSSR count). The van der Waals surface area contributed by atoms with Crippen LogP contribution >= 0.6 is 0 Å². The van der Waals surface area contributed by atoms with Gasteiger partial charge in [0.2, 0.25) is 0 Å². The molecule has 1 aromatic heterocycles. The lowest BCUT2D eigenvalue weighted by atomic mass is 10.1. The maximum atomic E-state index is 13.6. The van der Waals surface area contributed by atoms with Gasteiger partial charge < -0.3 is 9.47 Å². The van der Waals surface area contributed by atoms with Gasteiger partial charge in [-0.05, 0) is 17.7 Å². The predicted molar refractivity (Wildman–Crippen MR) is 48.4 cm³/mol. The Labute approximate surface area is 81.9 Å². The first-order valence-corrected chi connectivity index (χ1v) is 4.63. The third kappa shape index (κ3) is 2.27. The van der Waals surface area contributed by atoms with E-state index in [2.05, 4.69) is 4.98 Å². The fourth-order valence-corrected chi connectivity index (χ4v) is 1.42. The molecule has 2 heterocycles. The van der Waals surface area contributed by atoms with Crippen molar-refractivity contribution in [1.82, 2.24) is 4.98 Å². The van der Waals surface area contributed by atoms with Crippen molar-refractivity contribution >= 4 is 0 Å². The van der Waals surface area contributed by atoms with Gasteiger partial charge in [-0.1, -0.05) is 0 Å². The molecule has 0 radical (unpaired) electrons. The molecule has 1 fully saturated rings. The van der Waals surface area contributed by atoms with Gasteiger partial charge in [-0.2, -0.15) is 0 Å². The van der Waals surface area contributed by atoms with E-state index in [9.17, 15) is 4.39 Å². The van der Waals surface area contributed by atoms with Crippen LogP contribution in [0, 0.1) is 0 Å². The number of rotatable bonds is 3. The second-order valence-corrected chi connectivity index (χ2v) is 3.15. The standard InChI is InChI=1S/C10H12FNO2/c11-9(7-10-13-5-6-14-10)8-1-3-12-4-2-8/h1-4,9-10H,5-7H2. The van der Waals surface area contributed by atoms with Crippen LogP contribution in [-0.4, -0.2) is 24.5 Å². The molecule has 0 N–H and O–H groups in total. The summed E-state index contributed by atoms with van der Waals surface area (Å²) in [5.41, 5.74) is 0.624. The normalized spacial score (nSPS) is 19.8. The van der Waals surface area contributed by atoms with E-state index < -0.39 is 12.5 Å². The molecule has 3 nitrogen and oxygen atoms in total. The predicted octanol–water partition coefficient (Wildman–Crippen LogP) is 1.86. The molecule has 1 aromatic rings. The summed E-state index contributed by atoms with van der Waals surface area (Å²) in [5, 5.41) is 0. The van der Waals surface area contributed by atoms with Crippen LogP contribution in [0.25, 0.3) is 0 Å². The lowest BCUT2D eigenvalue weighted by Crippen LogP contribution is -2.10. The largest absolute Gasteiger partial charge is 0.350 e. The van der Waals surface area contributed by atoms with Crippen LogP contribution in [0.5, 0.6) is 0 Å². The topological polar surface area (TPSA) is 31.4 Å². The van der Waals surface area contributed by atoms with E-state index in [1.807, 2.05) is 0 Å². The van der Waals surface area contributed by atoms with Gasteiger partial charge in [0.25, 0.3) is 0 Å². The minimum Gasteiger partial charge on any atom is -0.350 e. The summed E-state index contributed by atoms with van der Waals surface area (Å²) in [5.74, 6) is 0. The molecular formula is C10H12FNO2. The Bertz CT molecular complexity index is 275. The Hall–Kier alpha value is -1.00. The lowest BCUT2D eigenvalue weighted by Gasteiger charge is -2.12. The van der Waals surface area contributed by atoms with Crippen molar-refractivity contribution in [2.24, 2.45) is 0 Å². The number of hydrogen-bond donors (Lipinski definition) is 0. The molecule has 0 bridgehead atoms. The van der Waals surface area contributed by atoms with Crippen molar-refractivity contribution in [2.45, 2.75) is 18.9 Å². The number of nitrogens with zero attached hydrogens (tertiary/aromatic N) is 1. The highest BCUT2D eigenvalue weighted by molar-refractivity contribution is 5.12. The van der Waals surface area contributed by atoms with Crippen molar-refractivity contribution in [1.29, 1.82) is 0 Å². The van der Waals surface area contributed by atoms with E-state index >= 15 is 0 Å². The molecule has 0 amide bonds. The van der Waals surface area contributed by atoms with E-state index in [0.717, 1.165) is 0 Å². The quantitative estimate of drug-likeness (QED) is 0.741. The summed E-state index contributed by atoms with van der Waals surface area (Å²) in [4.78, 5) is 3.83. The molecule has 76 valence electrons. The fraction of sp³-hybridized carbons (Fsp3) is 0.500. The zero-order valence-corrected chi connectivity index (χ0v) is 7.73. The number of halogens is 1. The van der Waals surface area contributed by atoms with Gasteiger partial charge in [0.05, 0.1) is 13.2 Å². The monoisotopic (exact) mass is 197 g/mol. The highest BCUT2D eigenvalue weighted by Crippen LogP contribution is 2.24. The molecule has 14 heavy (non-hydrogen) atoms. The van der Waals surface area contributed by atoms with Gasteiger partial charge in [-0.25, -0.2) is 4.39 Å². The van der Waals surface area contributed by atoms with Crippen LogP contribution in [0.4, 0.5) is 4.39 Å². The highest BCUT2D eigenvalue weighted by Gasteiger charge is 2.21. The van der Waals surface area contributed by atoms with Gasteiger partial charge in [-0.3, -0.25) is 4.98 Å². The maximum absolute atomic E-state index is 13.6. The Balaban J connectivity index is 1.92. The van der Waals surface area contributed by atoms with Gasteiger partial charge in [0.15, 0.2) is 6.29 Å². The average Bonchev–Trinajstić information content (AvgIpc) is 2.72. The Kier molecular flexibility index (Phi) is 3.06. The summed E-state index contributed by atoms with van der Waals surface area (Å²) in [6.45, 7) is 1.13. The van der Waals surface area contributed by atoms with Gasteiger partial charge in [0.1, 0.15) is 6.17 Å². The van der Waals surface area contributed by atoms with Gasteiger partial charge in [-0.15, -0.1) is 0 Å². The molecule has 1 aliphatic rings. The number of hydrogen-bond acceptors (Lipinski definition) is 3. The summed E-state index contributed by atoms with van der Waals surface area (Å²) < 4.78 is 23.9. The highest BCUT2D eigenvalue weighted by atomic mass is 19.1. The van der Waals surface area contributed by atoms with Crippen LogP contribution in [-0.2, 0) is 9.47 Å². The zero-order valence-electron chi connectivity index (χ0n) is 7.73. The molecule has 0 spiro atoms. The number of ether oxygens (including phenoxy) is 2. The second kappa shape index (κ2) is 4.48. The molecule has 1 unspecified atom stereocenters. The van der Waals surface area contributed by atoms with Crippen molar-refractivity contribution in [3.8, 4) is 0 Å². The number of pyridine rings is 1. The summed E-state index contributed by atoms with van der Waals surface area (Å²) in [7, 11) is 0. The smallest absolute Gasteiger partial charge is 0.160 e. The Morgan fingerprint density at radius 3 is 2.64 bits per heavy atom. The molecule has 0 saturated carbocycles. The molecule has 0 aromatic carbocycles. The van der Waals surface area contributed by atoms with E-state index in [0.29, 0.717) is 18.8 Å². The minimum absolute atomic E-state index is 0.254. The molecule has 1 aliphatic heterocycles. The number of alkyl halides is 1. The van der Waals surface area contributed by atoms with Crippen LogP contribution in [0.2, 0.25) is 0 Å². The number of aromatic nitrogens is 1. The van der Waals surface area contributed by atoms with Crippen LogP contribution in [0.15, 0.2) is 24.5 Å². The van der Waals surface area contributed by atoms with E-state index in [1.54, 1.807) is 24.5 Å². The first kappa shape index (κ1) is 9.55. The van der Waals surface area contributed by atoms with Crippen LogP contribution < -0.4 is 0 Å². The summed E-state index contributed by atoms with van der Waals surface area (Å²) in [6, 6.07) is 3.33. The minimum atomic E-state index is -1.04. The van der Waals surface area contributed by atoms with E-state index in [4.69, 9.17) is 9.47 Å². The summed E-state index contributed by atoms with van der Waals surface area (Å²) >= 11 is 0. The molecule has 4 heteroatoms. The zero-order chi connectivity index (χ0) is 9.80. The van der Waals surface area contributed by atoms with E-state index in [-0.39, 0.29) is 6.42 Å². The second-order valence-electron chi connectivity index (χ2n) is 3.15. The van der Waals surface area contributed by atoms with Crippen molar-refractivity contribution in [3.63, 3.8) is 0 Å².